The Labute approximate surface area is 125 Å². The topological polar surface area (TPSA) is 93.1 Å². The molecule has 0 saturated heterocycles. The Balaban J connectivity index is 3.40. The first kappa shape index (κ1) is 16.7. The van der Waals surface area contributed by atoms with Gasteiger partial charge in [0, 0.05) is 13.1 Å². The minimum Gasteiger partial charge on any atom is -0.496 e. The molecule has 7 nitrogen and oxygen atoms in total. The number of sulfonamides is 1. The number of hydrogen-bond donors (Lipinski definition) is 1. The first-order valence-electron chi connectivity index (χ1n) is 5.33. The van der Waals surface area contributed by atoms with Gasteiger partial charge in [0.1, 0.15) is 22.9 Å². The molecule has 0 spiro atoms. The molecule has 0 aromatic heterocycles. The van der Waals surface area contributed by atoms with Crippen molar-refractivity contribution in [3.63, 3.8) is 0 Å². The van der Waals surface area contributed by atoms with Crippen molar-refractivity contribution in [2.24, 2.45) is 0 Å². The number of aliphatic carboxylic acids is 1. The van der Waals surface area contributed by atoms with Crippen molar-refractivity contribution in [1.82, 2.24) is 4.31 Å². The first-order valence-corrected chi connectivity index (χ1v) is 7.57. The number of likely N-dealkylation sites (N-methyl/N-ethyl adjacent to an activating group) is 1. The van der Waals surface area contributed by atoms with E-state index in [1.807, 2.05) is 0 Å². The average Bonchev–Trinajstić information content (AvgIpc) is 2.37. The predicted molar refractivity (Wildman–Crippen MR) is 74.7 cm³/mol. The van der Waals surface area contributed by atoms with Crippen LogP contribution < -0.4 is 9.47 Å². The van der Waals surface area contributed by atoms with Crippen molar-refractivity contribution in [3.05, 3.63) is 16.6 Å². The van der Waals surface area contributed by atoms with Gasteiger partial charge >= 0.3 is 5.97 Å². The van der Waals surface area contributed by atoms with Gasteiger partial charge in [-0.1, -0.05) is 0 Å². The third-order valence-corrected chi connectivity index (χ3v) is 4.93. The molecule has 0 amide bonds. The van der Waals surface area contributed by atoms with Crippen LogP contribution in [0.5, 0.6) is 11.5 Å². The Morgan fingerprint density at radius 2 is 1.85 bits per heavy atom. The maximum atomic E-state index is 12.3. The molecule has 1 aromatic carbocycles. The largest absolute Gasteiger partial charge is 0.496 e. The van der Waals surface area contributed by atoms with Crippen molar-refractivity contribution in [3.8, 4) is 11.5 Å². The van der Waals surface area contributed by atoms with E-state index in [9.17, 15) is 13.2 Å². The van der Waals surface area contributed by atoms with Crippen molar-refractivity contribution in [2.45, 2.75) is 4.90 Å². The standard InChI is InChI=1S/C11H14BrNO6S/c1-13(6-11(14)15)20(16,17)10-5-8(18-2)7(12)4-9(10)19-3/h4-5H,6H2,1-3H3,(H,14,15). The van der Waals surface area contributed by atoms with Crippen LogP contribution in [0.3, 0.4) is 0 Å². The molecule has 0 aliphatic heterocycles. The van der Waals surface area contributed by atoms with Gasteiger partial charge in [-0.25, -0.2) is 8.42 Å². The maximum Gasteiger partial charge on any atom is 0.318 e. The number of carboxylic acid groups (broad SMARTS) is 1. The molecule has 112 valence electrons. The Hall–Kier alpha value is -1.32. The summed E-state index contributed by atoms with van der Waals surface area (Å²) in [6.07, 6.45) is 0. The lowest BCUT2D eigenvalue weighted by Crippen LogP contribution is -2.32. The molecule has 0 unspecified atom stereocenters. The fourth-order valence-corrected chi connectivity index (χ4v) is 3.23. The molecule has 0 atom stereocenters. The van der Waals surface area contributed by atoms with E-state index in [-0.39, 0.29) is 10.6 Å². The fourth-order valence-electron chi connectivity index (χ4n) is 1.48. The highest BCUT2D eigenvalue weighted by Gasteiger charge is 2.27. The Morgan fingerprint density at radius 1 is 1.30 bits per heavy atom. The number of ether oxygens (including phenoxy) is 2. The number of hydrogen-bond acceptors (Lipinski definition) is 5. The van der Waals surface area contributed by atoms with Crippen LogP contribution in [-0.4, -0.2) is 51.6 Å². The third-order valence-electron chi connectivity index (χ3n) is 2.48. The van der Waals surface area contributed by atoms with Gasteiger partial charge in [-0.15, -0.1) is 0 Å². The van der Waals surface area contributed by atoms with Gasteiger partial charge in [0.25, 0.3) is 0 Å². The molecule has 9 heteroatoms. The van der Waals surface area contributed by atoms with Gasteiger partial charge in [-0.2, -0.15) is 4.31 Å². The van der Waals surface area contributed by atoms with Gasteiger partial charge in [-0.3, -0.25) is 4.79 Å². The molecule has 0 heterocycles. The molecular formula is C11H14BrNO6S. The monoisotopic (exact) mass is 367 g/mol. The number of carboxylic acids is 1. The summed E-state index contributed by atoms with van der Waals surface area (Å²) in [4.78, 5) is 10.5. The molecule has 0 fully saturated rings. The molecule has 0 aliphatic carbocycles. The van der Waals surface area contributed by atoms with E-state index in [1.54, 1.807) is 0 Å². The van der Waals surface area contributed by atoms with Crippen LogP contribution >= 0.6 is 15.9 Å². The van der Waals surface area contributed by atoms with Crippen LogP contribution in [0.1, 0.15) is 0 Å². The van der Waals surface area contributed by atoms with E-state index < -0.39 is 22.5 Å². The van der Waals surface area contributed by atoms with E-state index >= 15 is 0 Å². The van der Waals surface area contributed by atoms with Crippen molar-refractivity contribution < 1.29 is 27.8 Å². The number of benzene rings is 1. The smallest absolute Gasteiger partial charge is 0.318 e. The molecular weight excluding hydrogens is 354 g/mol. The average molecular weight is 368 g/mol. The fraction of sp³-hybridized carbons (Fsp3) is 0.364. The molecule has 1 aromatic rings. The zero-order chi connectivity index (χ0) is 15.5. The van der Waals surface area contributed by atoms with Crippen molar-refractivity contribution in [2.75, 3.05) is 27.8 Å². The lowest BCUT2D eigenvalue weighted by molar-refractivity contribution is -0.137. The number of methoxy groups -OCH3 is 2. The minimum absolute atomic E-state index is 0.0925. The summed E-state index contributed by atoms with van der Waals surface area (Å²) in [5, 5.41) is 8.70. The first-order chi connectivity index (χ1) is 9.23. The summed E-state index contributed by atoms with van der Waals surface area (Å²) in [7, 11) is -0.105. The summed E-state index contributed by atoms with van der Waals surface area (Å²) in [5.41, 5.74) is 0. The Kier molecular flexibility index (Phi) is 5.37. The molecule has 0 radical (unpaired) electrons. The van der Waals surface area contributed by atoms with E-state index in [1.165, 1.54) is 33.4 Å². The molecule has 0 bridgehead atoms. The summed E-state index contributed by atoms with van der Waals surface area (Å²) in [6.45, 7) is -0.649. The number of nitrogens with zero attached hydrogens (tertiary/aromatic N) is 1. The molecule has 1 rings (SSSR count). The lowest BCUT2D eigenvalue weighted by atomic mass is 10.3. The normalized spacial score (nSPS) is 11.4. The van der Waals surface area contributed by atoms with Gasteiger partial charge < -0.3 is 14.6 Å². The number of halogens is 1. The second-order valence-electron chi connectivity index (χ2n) is 3.79. The molecule has 0 saturated carbocycles. The highest BCUT2D eigenvalue weighted by atomic mass is 79.9. The zero-order valence-corrected chi connectivity index (χ0v) is 13.5. The van der Waals surface area contributed by atoms with E-state index in [0.29, 0.717) is 10.2 Å². The SMILES string of the molecule is COc1cc(S(=O)(=O)N(C)CC(=O)O)c(OC)cc1Br. The van der Waals surface area contributed by atoms with Crippen LogP contribution in [0.25, 0.3) is 0 Å². The number of carbonyl (C=O) groups is 1. The number of rotatable bonds is 6. The van der Waals surface area contributed by atoms with Gasteiger partial charge in [0.15, 0.2) is 0 Å². The summed E-state index contributed by atoms with van der Waals surface area (Å²) >= 11 is 3.22. The van der Waals surface area contributed by atoms with Crippen LogP contribution in [0, 0.1) is 0 Å². The molecule has 1 N–H and O–H groups in total. The second-order valence-corrected chi connectivity index (χ2v) is 6.66. The summed E-state index contributed by atoms with van der Waals surface area (Å²) < 4.78 is 36.0. The van der Waals surface area contributed by atoms with Gasteiger partial charge in [-0.05, 0) is 22.0 Å². The second kappa shape index (κ2) is 6.42. The predicted octanol–water partition coefficient (Wildman–Crippen LogP) is 1.17. The van der Waals surface area contributed by atoms with E-state index in [4.69, 9.17) is 14.6 Å². The van der Waals surface area contributed by atoms with E-state index in [2.05, 4.69) is 15.9 Å². The highest BCUT2D eigenvalue weighted by molar-refractivity contribution is 9.10. The van der Waals surface area contributed by atoms with Crippen molar-refractivity contribution >= 4 is 31.9 Å². The van der Waals surface area contributed by atoms with Crippen LogP contribution in [0.2, 0.25) is 0 Å². The van der Waals surface area contributed by atoms with Crippen LogP contribution in [0.4, 0.5) is 0 Å². The van der Waals surface area contributed by atoms with Crippen molar-refractivity contribution in [1.29, 1.82) is 0 Å². The zero-order valence-electron chi connectivity index (χ0n) is 11.1. The maximum absolute atomic E-state index is 12.3. The Bertz CT molecular complexity index is 616. The molecule has 20 heavy (non-hydrogen) atoms. The Morgan fingerprint density at radius 3 is 2.30 bits per heavy atom. The van der Waals surface area contributed by atoms with Crippen LogP contribution in [0.15, 0.2) is 21.5 Å². The van der Waals surface area contributed by atoms with Crippen LogP contribution in [-0.2, 0) is 14.8 Å². The third kappa shape index (κ3) is 3.41. The molecule has 0 aliphatic rings. The summed E-state index contributed by atoms with van der Waals surface area (Å²) in [6, 6.07) is 2.72. The summed E-state index contributed by atoms with van der Waals surface area (Å²) in [5.74, 6) is -0.859. The minimum atomic E-state index is -4.00. The van der Waals surface area contributed by atoms with Gasteiger partial charge in [0.2, 0.25) is 10.0 Å². The van der Waals surface area contributed by atoms with E-state index in [0.717, 1.165) is 4.31 Å². The lowest BCUT2D eigenvalue weighted by Gasteiger charge is -2.18. The quantitative estimate of drug-likeness (QED) is 0.810. The van der Waals surface area contributed by atoms with Gasteiger partial charge in [0.05, 0.1) is 18.7 Å². The highest BCUT2D eigenvalue weighted by Crippen LogP contribution is 2.36.